The number of carbonyl (C=O) groups is 5. The van der Waals surface area contributed by atoms with E-state index in [1.807, 2.05) is 0 Å². The number of carbonyl (C=O) groups excluding carboxylic acids is 5. The molecule has 1 saturated carbocycles. The van der Waals surface area contributed by atoms with Crippen LogP contribution in [0.2, 0.25) is 0 Å². The van der Waals surface area contributed by atoms with Gasteiger partial charge >= 0.3 is 24.0 Å². The van der Waals surface area contributed by atoms with E-state index < -0.39 is 107 Å². The minimum absolute atomic E-state index is 0.0306. The van der Waals surface area contributed by atoms with E-state index in [1.165, 1.54) is 26.0 Å². The molecule has 2 aliphatic carbocycles. The van der Waals surface area contributed by atoms with E-state index in [0.29, 0.717) is 5.56 Å². The molecule has 1 heterocycles. The number of fused-ring (bicyclic) bond motifs is 1. The molecule has 15 nitrogen and oxygen atoms in total. The van der Waals surface area contributed by atoms with Crippen molar-refractivity contribution in [2.24, 2.45) is 11.3 Å². The predicted octanol–water partition coefficient (Wildman–Crippen LogP) is 4.04. The highest BCUT2D eigenvalue weighted by molar-refractivity contribution is 5.89. The third kappa shape index (κ3) is 9.24. The summed E-state index contributed by atoms with van der Waals surface area (Å²) in [5.74, 6) is -4.56. The van der Waals surface area contributed by atoms with Gasteiger partial charge in [0.2, 0.25) is 0 Å². The molecule has 15 heteroatoms. The summed E-state index contributed by atoms with van der Waals surface area (Å²) in [6, 6.07) is 14.7. The third-order valence-corrected chi connectivity index (χ3v) is 11.8. The molecule has 5 rings (SSSR count). The Kier molecular flexibility index (Phi) is 13.5. The molecule has 322 valence electrons. The average molecular weight is 824 g/mol. The van der Waals surface area contributed by atoms with Crippen LogP contribution in [0.25, 0.3) is 0 Å². The summed E-state index contributed by atoms with van der Waals surface area (Å²) in [4.78, 5) is 67.2. The summed E-state index contributed by atoms with van der Waals surface area (Å²) < 4.78 is 29.5. The quantitative estimate of drug-likeness (QED) is 0.109. The summed E-state index contributed by atoms with van der Waals surface area (Å²) in [7, 11) is 0. The van der Waals surface area contributed by atoms with Crippen molar-refractivity contribution in [1.29, 1.82) is 0 Å². The maximum absolute atomic E-state index is 14.1. The van der Waals surface area contributed by atoms with E-state index >= 15 is 0 Å². The van der Waals surface area contributed by atoms with Gasteiger partial charge in [0, 0.05) is 37.5 Å². The van der Waals surface area contributed by atoms with Crippen LogP contribution in [0, 0.1) is 11.3 Å². The lowest BCUT2D eigenvalue weighted by molar-refractivity contribution is -0.320. The summed E-state index contributed by atoms with van der Waals surface area (Å²) in [6.45, 7) is 12.2. The van der Waals surface area contributed by atoms with E-state index in [9.17, 15) is 44.4 Å². The number of aliphatic hydroxyl groups excluding tert-OH is 3. The van der Waals surface area contributed by atoms with Crippen molar-refractivity contribution in [2.75, 3.05) is 6.61 Å². The fraction of sp³-hybridized carbons (Fsp3) is 0.568. The number of hydrogen-bond donors (Lipinski definition) is 5. The van der Waals surface area contributed by atoms with Crippen molar-refractivity contribution in [1.82, 2.24) is 5.32 Å². The van der Waals surface area contributed by atoms with Crippen molar-refractivity contribution in [2.45, 2.75) is 141 Å². The molecule has 0 radical (unpaired) electrons. The van der Waals surface area contributed by atoms with Gasteiger partial charge in [0.1, 0.15) is 35.6 Å². The first kappa shape index (κ1) is 45.4. The van der Waals surface area contributed by atoms with Crippen molar-refractivity contribution in [3.63, 3.8) is 0 Å². The van der Waals surface area contributed by atoms with Gasteiger partial charge in [0.15, 0.2) is 17.5 Å². The van der Waals surface area contributed by atoms with Crippen LogP contribution in [-0.2, 0) is 38.1 Å². The number of esters is 3. The Morgan fingerprint density at radius 3 is 2.12 bits per heavy atom. The van der Waals surface area contributed by atoms with Crippen LogP contribution in [0.15, 0.2) is 71.8 Å². The van der Waals surface area contributed by atoms with E-state index in [-0.39, 0.29) is 42.6 Å². The van der Waals surface area contributed by atoms with Crippen LogP contribution in [0.1, 0.15) is 103 Å². The second kappa shape index (κ2) is 17.5. The Morgan fingerprint density at radius 1 is 0.966 bits per heavy atom. The molecule has 0 aromatic heterocycles. The fourth-order valence-corrected chi connectivity index (χ4v) is 8.79. The topological polar surface area (TPSA) is 224 Å². The van der Waals surface area contributed by atoms with Crippen LogP contribution in [0.4, 0.5) is 4.79 Å². The first-order valence-electron chi connectivity index (χ1n) is 19.9. The van der Waals surface area contributed by atoms with Gasteiger partial charge in [-0.3, -0.25) is 9.59 Å². The zero-order valence-corrected chi connectivity index (χ0v) is 34.8. The number of ether oxygens (including phenoxy) is 5. The Morgan fingerprint density at radius 2 is 1.58 bits per heavy atom. The number of amides is 1. The number of hydrogen-bond acceptors (Lipinski definition) is 14. The first-order chi connectivity index (χ1) is 27.6. The van der Waals surface area contributed by atoms with Gasteiger partial charge in [-0.1, -0.05) is 69.3 Å². The summed E-state index contributed by atoms with van der Waals surface area (Å²) in [5, 5.41) is 50.5. The van der Waals surface area contributed by atoms with Crippen LogP contribution in [0.5, 0.6) is 0 Å². The van der Waals surface area contributed by atoms with Crippen molar-refractivity contribution >= 4 is 29.8 Å². The molecule has 2 fully saturated rings. The van der Waals surface area contributed by atoms with Gasteiger partial charge in [-0.25, -0.2) is 14.4 Å². The second-order valence-corrected chi connectivity index (χ2v) is 17.2. The van der Waals surface area contributed by atoms with Gasteiger partial charge in [-0.05, 0) is 63.0 Å². The van der Waals surface area contributed by atoms with E-state index in [1.54, 1.807) is 90.1 Å². The maximum atomic E-state index is 14.1. The number of rotatable bonds is 13. The first-order valence-corrected chi connectivity index (χ1v) is 19.9. The molecule has 0 unspecified atom stereocenters. The molecule has 1 aliphatic heterocycles. The zero-order valence-electron chi connectivity index (χ0n) is 34.8. The van der Waals surface area contributed by atoms with Crippen LogP contribution >= 0.6 is 0 Å². The molecular formula is C44H57NO14. The molecule has 10 atom stereocenters. The highest BCUT2D eigenvalue weighted by Crippen LogP contribution is 2.57. The minimum atomic E-state index is -2.36. The molecular weight excluding hydrogens is 766 g/mol. The molecule has 59 heavy (non-hydrogen) atoms. The highest BCUT2D eigenvalue weighted by Gasteiger charge is 2.69. The number of aliphatic hydroxyl groups is 4. The van der Waals surface area contributed by atoms with Crippen LogP contribution in [0.3, 0.4) is 0 Å². The Labute approximate surface area is 344 Å². The Bertz CT molecular complexity index is 1910. The Balaban J connectivity index is 1.64. The number of nitrogens with one attached hydrogen (secondary N) is 1. The average Bonchev–Trinajstić information content (AvgIpc) is 3.16. The van der Waals surface area contributed by atoms with Crippen molar-refractivity contribution in [3.8, 4) is 0 Å². The number of alkyl carbamates (subject to hydrolysis) is 1. The highest BCUT2D eigenvalue weighted by atomic mass is 16.6. The van der Waals surface area contributed by atoms with Crippen LogP contribution in [-0.4, -0.2) is 110 Å². The number of ketones is 1. The number of benzene rings is 2. The second-order valence-electron chi connectivity index (χ2n) is 17.2. The van der Waals surface area contributed by atoms with Crippen molar-refractivity contribution in [3.05, 3.63) is 82.9 Å². The molecule has 0 bridgehead atoms. The lowest BCUT2D eigenvalue weighted by Gasteiger charge is -2.61. The van der Waals surface area contributed by atoms with Gasteiger partial charge in [0.25, 0.3) is 0 Å². The summed E-state index contributed by atoms with van der Waals surface area (Å²) in [5.41, 5.74) is -5.82. The molecule has 2 aromatic rings. The largest absolute Gasteiger partial charge is 0.456 e. The van der Waals surface area contributed by atoms with Gasteiger partial charge in [0.05, 0.1) is 24.3 Å². The lowest BCUT2D eigenvalue weighted by Crippen LogP contribution is -2.75. The zero-order chi connectivity index (χ0) is 43.7. The molecule has 1 amide bonds. The normalized spacial score (nSPS) is 28.3. The summed E-state index contributed by atoms with van der Waals surface area (Å²) in [6.07, 6.45) is -10.5. The van der Waals surface area contributed by atoms with E-state index in [4.69, 9.17) is 23.7 Å². The molecule has 5 N–H and O–H groups in total. The minimum Gasteiger partial charge on any atom is -0.456 e. The molecule has 0 spiro atoms. The van der Waals surface area contributed by atoms with Gasteiger partial charge in [-0.15, -0.1) is 0 Å². The maximum Gasteiger partial charge on any atom is 0.408 e. The molecule has 2 aromatic carbocycles. The van der Waals surface area contributed by atoms with Crippen LogP contribution < -0.4 is 5.32 Å². The fourth-order valence-electron chi connectivity index (χ4n) is 8.79. The predicted molar refractivity (Wildman–Crippen MR) is 210 cm³/mol. The Hall–Kier alpha value is -4.67. The smallest absolute Gasteiger partial charge is 0.408 e. The lowest BCUT2D eigenvalue weighted by atomic mass is 9.53. The SMILES string of the molecule is CCC(=O)[C@H](O)C1=C(C)[C@@H](OC(=O)[C@H](O)[C@@H](NC(=O)OC(C)(C)C)c2ccccc2)C[C@@](O)([C@@H](OC(=O)c2ccccc2)[C@H]2C[C@@H](O)C[C@H]3OC[C@@]23OC(C)=O)C1(C)C. The van der Waals surface area contributed by atoms with E-state index in [0.717, 1.165) is 0 Å². The summed E-state index contributed by atoms with van der Waals surface area (Å²) >= 11 is 0. The monoisotopic (exact) mass is 823 g/mol. The molecule has 3 aliphatic rings. The standard InChI is InChI=1S/C44H57NO14/c1-9-30(48)35(49)33-24(2)31(56-39(52)36(50)34(26-16-12-10-13-17-26)45-40(53)59-41(4,5)6)22-44(54,42(33,7)8)37(57-38(51)27-18-14-11-15-19-27)29-20-28(47)21-32-43(29,23-55-32)58-25(3)46/h10-19,28-29,31-32,34-37,47,49-50,54H,9,20-23H2,1-8H3,(H,45,53)/t28-,29-,31+,32-,34+,35+,36-,37+,43-,44-/m1/s1. The van der Waals surface area contributed by atoms with Gasteiger partial charge < -0.3 is 49.4 Å². The molecule has 1 saturated heterocycles. The third-order valence-electron chi connectivity index (χ3n) is 11.8. The van der Waals surface area contributed by atoms with Gasteiger partial charge in [-0.2, -0.15) is 0 Å². The van der Waals surface area contributed by atoms with E-state index in [2.05, 4.69) is 5.32 Å². The van der Waals surface area contributed by atoms with Crippen molar-refractivity contribution < 1.29 is 68.1 Å². The number of Topliss-reactive ketones (excluding diaryl/α,β-unsaturated/α-hetero) is 1.